The molecule has 0 aromatic heterocycles. The predicted octanol–water partition coefficient (Wildman–Crippen LogP) is 1.37. The molecule has 2 rings (SSSR count). The number of ether oxygens (including phenoxy) is 2. The summed E-state index contributed by atoms with van der Waals surface area (Å²) in [7, 11) is 0. The molecule has 0 saturated carbocycles. The van der Waals surface area contributed by atoms with E-state index in [9.17, 15) is 14.4 Å². The Hall–Kier alpha value is -2.57. The summed E-state index contributed by atoms with van der Waals surface area (Å²) in [6, 6.07) is 6.61. The van der Waals surface area contributed by atoms with Crippen molar-refractivity contribution in [3.05, 3.63) is 29.8 Å². The van der Waals surface area contributed by atoms with Gasteiger partial charge in [-0.1, -0.05) is 0 Å². The lowest BCUT2D eigenvalue weighted by Gasteiger charge is -2.20. The van der Waals surface area contributed by atoms with Gasteiger partial charge in [0.1, 0.15) is 12.3 Å². The van der Waals surface area contributed by atoms with Gasteiger partial charge in [-0.15, -0.1) is 0 Å². The van der Waals surface area contributed by atoms with Crippen LogP contribution in [0.3, 0.4) is 0 Å². The quantitative estimate of drug-likeness (QED) is 0.752. The average molecular weight is 348 g/mol. The van der Waals surface area contributed by atoms with Gasteiger partial charge in [-0.2, -0.15) is 0 Å². The van der Waals surface area contributed by atoms with Gasteiger partial charge in [-0.05, 0) is 51.0 Å². The van der Waals surface area contributed by atoms with Crippen LogP contribution in [-0.2, 0) is 14.3 Å². The molecular weight excluding hydrogens is 324 g/mol. The van der Waals surface area contributed by atoms with E-state index >= 15 is 0 Å². The van der Waals surface area contributed by atoms with Gasteiger partial charge in [0.15, 0.2) is 6.10 Å². The smallest absolute Gasteiger partial charge is 0.326 e. The molecule has 7 heteroatoms. The molecule has 1 aliphatic heterocycles. The SMILES string of the molecule is CCOc1ccc(C(=O)NCC(=O)O[C@@H](C)C(=O)N2CCCC2)cc1. The number of esters is 1. The van der Waals surface area contributed by atoms with Crippen molar-refractivity contribution in [2.24, 2.45) is 0 Å². The maximum Gasteiger partial charge on any atom is 0.326 e. The second-order valence-electron chi connectivity index (χ2n) is 5.80. The summed E-state index contributed by atoms with van der Waals surface area (Å²) < 4.78 is 10.4. The molecule has 2 amide bonds. The molecule has 0 unspecified atom stereocenters. The van der Waals surface area contributed by atoms with Gasteiger partial charge in [0.25, 0.3) is 11.8 Å². The first-order valence-electron chi connectivity index (χ1n) is 8.50. The van der Waals surface area contributed by atoms with Crippen LogP contribution in [0.5, 0.6) is 5.75 Å². The van der Waals surface area contributed by atoms with Gasteiger partial charge in [0.2, 0.25) is 0 Å². The minimum absolute atomic E-state index is 0.191. The number of nitrogens with one attached hydrogen (secondary N) is 1. The largest absolute Gasteiger partial charge is 0.494 e. The molecule has 1 heterocycles. The highest BCUT2D eigenvalue weighted by Gasteiger charge is 2.25. The molecule has 1 aromatic rings. The van der Waals surface area contributed by atoms with Crippen molar-refractivity contribution < 1.29 is 23.9 Å². The summed E-state index contributed by atoms with van der Waals surface area (Å²) in [4.78, 5) is 37.6. The van der Waals surface area contributed by atoms with Crippen molar-refractivity contribution in [3.63, 3.8) is 0 Å². The highest BCUT2D eigenvalue weighted by Crippen LogP contribution is 2.12. The molecule has 1 atom stereocenters. The lowest BCUT2D eigenvalue weighted by atomic mass is 10.2. The number of likely N-dealkylation sites (tertiary alicyclic amines) is 1. The molecule has 1 N–H and O–H groups in total. The molecule has 0 aliphatic carbocycles. The second-order valence-corrected chi connectivity index (χ2v) is 5.80. The number of amides is 2. The van der Waals surface area contributed by atoms with Crippen molar-refractivity contribution in [2.45, 2.75) is 32.8 Å². The Balaban J connectivity index is 1.76. The van der Waals surface area contributed by atoms with E-state index < -0.39 is 18.0 Å². The Labute approximate surface area is 147 Å². The summed E-state index contributed by atoms with van der Waals surface area (Å²) in [5.41, 5.74) is 0.414. The Kier molecular flexibility index (Phi) is 6.80. The molecule has 0 spiro atoms. The Bertz CT molecular complexity index is 608. The van der Waals surface area contributed by atoms with Crippen molar-refractivity contribution in [1.29, 1.82) is 0 Å². The number of nitrogens with zero attached hydrogens (tertiary/aromatic N) is 1. The zero-order valence-electron chi connectivity index (χ0n) is 14.6. The minimum atomic E-state index is -0.840. The minimum Gasteiger partial charge on any atom is -0.494 e. The highest BCUT2D eigenvalue weighted by molar-refractivity contribution is 5.96. The van der Waals surface area contributed by atoms with Gasteiger partial charge in [-0.3, -0.25) is 14.4 Å². The predicted molar refractivity (Wildman–Crippen MR) is 91.3 cm³/mol. The first kappa shape index (κ1) is 18.8. The van der Waals surface area contributed by atoms with E-state index in [-0.39, 0.29) is 12.5 Å². The third-order valence-corrected chi connectivity index (χ3v) is 3.89. The van der Waals surface area contributed by atoms with Gasteiger partial charge in [0, 0.05) is 18.7 Å². The van der Waals surface area contributed by atoms with Gasteiger partial charge in [0.05, 0.1) is 6.61 Å². The fourth-order valence-corrected chi connectivity index (χ4v) is 2.61. The molecular formula is C18H24N2O5. The van der Waals surface area contributed by atoms with Crippen LogP contribution in [0.4, 0.5) is 0 Å². The van der Waals surface area contributed by atoms with Crippen molar-refractivity contribution >= 4 is 17.8 Å². The van der Waals surface area contributed by atoms with Gasteiger partial charge < -0.3 is 19.7 Å². The summed E-state index contributed by atoms with van der Waals surface area (Å²) >= 11 is 0. The number of carbonyl (C=O) groups excluding carboxylic acids is 3. The molecule has 1 aromatic carbocycles. The number of hydrogen-bond acceptors (Lipinski definition) is 5. The van der Waals surface area contributed by atoms with Crippen LogP contribution in [0.2, 0.25) is 0 Å². The standard InChI is InChI=1S/C18H24N2O5/c1-3-24-15-8-6-14(7-9-15)17(22)19-12-16(21)25-13(2)18(23)20-10-4-5-11-20/h6-9,13H,3-5,10-12H2,1-2H3,(H,19,22)/t13-/m0/s1. The van der Waals surface area contributed by atoms with Gasteiger partial charge in [-0.25, -0.2) is 0 Å². The summed E-state index contributed by atoms with van der Waals surface area (Å²) in [6.45, 7) is 5.09. The fraction of sp³-hybridized carbons (Fsp3) is 0.500. The molecule has 136 valence electrons. The first-order valence-corrected chi connectivity index (χ1v) is 8.50. The van der Waals surface area contributed by atoms with Crippen LogP contribution in [0.25, 0.3) is 0 Å². The van der Waals surface area contributed by atoms with E-state index in [1.807, 2.05) is 6.92 Å². The second kappa shape index (κ2) is 9.05. The first-order chi connectivity index (χ1) is 12.0. The molecule has 7 nitrogen and oxygen atoms in total. The molecule has 1 fully saturated rings. The fourth-order valence-electron chi connectivity index (χ4n) is 2.61. The van der Waals surface area contributed by atoms with Crippen molar-refractivity contribution in [3.8, 4) is 5.75 Å². The number of hydrogen-bond donors (Lipinski definition) is 1. The molecule has 0 radical (unpaired) electrons. The zero-order valence-corrected chi connectivity index (χ0v) is 14.6. The third-order valence-electron chi connectivity index (χ3n) is 3.89. The summed E-state index contributed by atoms with van der Waals surface area (Å²) in [5.74, 6) is -0.547. The van der Waals surface area contributed by atoms with E-state index in [2.05, 4.69) is 5.32 Å². The van der Waals surface area contributed by atoms with E-state index in [4.69, 9.17) is 9.47 Å². The number of rotatable bonds is 7. The van der Waals surface area contributed by atoms with Crippen LogP contribution in [0.15, 0.2) is 24.3 Å². The highest BCUT2D eigenvalue weighted by atomic mass is 16.5. The normalized spacial score (nSPS) is 14.7. The van der Waals surface area contributed by atoms with E-state index in [1.54, 1.807) is 36.1 Å². The van der Waals surface area contributed by atoms with Crippen LogP contribution in [0.1, 0.15) is 37.0 Å². The summed E-state index contributed by atoms with van der Waals surface area (Å²) in [6.07, 6.45) is 1.11. The number of carbonyl (C=O) groups is 3. The molecule has 1 saturated heterocycles. The maximum absolute atomic E-state index is 12.1. The van der Waals surface area contributed by atoms with Crippen molar-refractivity contribution in [2.75, 3.05) is 26.2 Å². The van der Waals surface area contributed by atoms with Crippen LogP contribution < -0.4 is 10.1 Å². The lowest BCUT2D eigenvalue weighted by molar-refractivity contribution is -0.157. The van der Waals surface area contributed by atoms with Crippen molar-refractivity contribution in [1.82, 2.24) is 10.2 Å². The van der Waals surface area contributed by atoms with Crippen LogP contribution in [-0.4, -0.2) is 55.0 Å². The monoisotopic (exact) mass is 348 g/mol. The maximum atomic E-state index is 12.1. The molecule has 0 bridgehead atoms. The van der Waals surface area contributed by atoms with E-state index in [0.29, 0.717) is 31.0 Å². The average Bonchev–Trinajstić information content (AvgIpc) is 3.14. The Morgan fingerprint density at radius 2 is 1.80 bits per heavy atom. The summed E-state index contributed by atoms with van der Waals surface area (Å²) in [5, 5.41) is 2.48. The Morgan fingerprint density at radius 3 is 2.40 bits per heavy atom. The third kappa shape index (κ3) is 5.48. The topological polar surface area (TPSA) is 84.9 Å². The van der Waals surface area contributed by atoms with Gasteiger partial charge >= 0.3 is 5.97 Å². The van der Waals surface area contributed by atoms with Crippen LogP contribution in [0, 0.1) is 0 Å². The lowest BCUT2D eigenvalue weighted by Crippen LogP contribution is -2.40. The van der Waals surface area contributed by atoms with Crippen LogP contribution >= 0.6 is 0 Å². The van der Waals surface area contributed by atoms with E-state index in [1.165, 1.54) is 0 Å². The number of benzene rings is 1. The Morgan fingerprint density at radius 1 is 1.16 bits per heavy atom. The molecule has 25 heavy (non-hydrogen) atoms. The van der Waals surface area contributed by atoms with E-state index in [0.717, 1.165) is 12.8 Å². The molecule has 1 aliphatic rings. The zero-order chi connectivity index (χ0) is 18.2.